The Morgan fingerprint density at radius 3 is 1.22 bits per heavy atom. The van der Waals surface area contributed by atoms with E-state index in [1.54, 1.807) is 0 Å². The summed E-state index contributed by atoms with van der Waals surface area (Å²) in [6.45, 7) is 2.26. The van der Waals surface area contributed by atoms with Crippen molar-refractivity contribution in [1.29, 1.82) is 0 Å². The summed E-state index contributed by atoms with van der Waals surface area (Å²) >= 11 is 0. The van der Waals surface area contributed by atoms with E-state index in [1.807, 2.05) is 0 Å². The van der Waals surface area contributed by atoms with Gasteiger partial charge in [-0.2, -0.15) is 0 Å². The molecule has 0 radical (unpaired) electrons. The van der Waals surface area contributed by atoms with E-state index >= 15 is 0 Å². The van der Waals surface area contributed by atoms with Crippen molar-refractivity contribution < 1.29 is 25.0 Å². The third kappa shape index (κ3) is 39.2. The average Bonchev–Trinajstić information content (AvgIpc) is 2.43. The molecule has 0 aromatic heterocycles. The van der Waals surface area contributed by atoms with Gasteiger partial charge in [0.2, 0.25) is 0 Å². The standard InChI is InChI=1S/C16H32O2.BO3.Sb.H/c1-2-3-4-5-6-7-8-9-10-11-12-13-14-15-16(17)18;2-1(3)4;;/h2-15H2,1H3,(H,17,18);;;/q;-3;+4;/p-1. The Hall–Kier alpha value is 0.233. The van der Waals surface area contributed by atoms with Crippen LogP contribution in [0.2, 0.25) is 0 Å². The van der Waals surface area contributed by atoms with E-state index in [1.165, 1.54) is 70.6 Å². The molecule has 0 aliphatic carbocycles. The van der Waals surface area contributed by atoms with Gasteiger partial charge in [-0.3, -0.25) is 7.32 Å². The molecule has 5 nitrogen and oxygen atoms in total. The van der Waals surface area contributed by atoms with Gasteiger partial charge < -0.3 is 25.0 Å². The quantitative estimate of drug-likeness (QED) is 0.272. The van der Waals surface area contributed by atoms with Gasteiger partial charge in [0.25, 0.3) is 0 Å². The summed E-state index contributed by atoms with van der Waals surface area (Å²) in [5.74, 6) is -0.905. The maximum atomic E-state index is 10.2. The summed E-state index contributed by atoms with van der Waals surface area (Å²) in [5, 5.41) is 35.4. The van der Waals surface area contributed by atoms with Gasteiger partial charge in [0.1, 0.15) is 0 Å². The predicted octanol–water partition coefficient (Wildman–Crippen LogP) is -0.379. The van der Waals surface area contributed by atoms with Crippen molar-refractivity contribution in [3.8, 4) is 0 Å². The molecule has 0 aromatic carbocycles. The van der Waals surface area contributed by atoms with Crippen LogP contribution >= 0.6 is 0 Å². The van der Waals surface area contributed by atoms with Crippen LogP contribution in [0, 0.1) is 0 Å². The van der Waals surface area contributed by atoms with E-state index in [0.717, 1.165) is 12.8 Å². The Morgan fingerprint density at radius 2 is 0.957 bits per heavy atom. The van der Waals surface area contributed by atoms with Crippen LogP contribution < -0.4 is 20.2 Å². The van der Waals surface area contributed by atoms with Crippen LogP contribution in [0.5, 0.6) is 0 Å². The second-order valence-electron chi connectivity index (χ2n) is 5.65. The molecule has 0 aromatic rings. The minimum atomic E-state index is -2.92. The molecule has 0 atom stereocenters. The van der Waals surface area contributed by atoms with Gasteiger partial charge in [0.05, 0.1) is 0 Å². The van der Waals surface area contributed by atoms with Crippen LogP contribution in [-0.2, 0) is 4.79 Å². The van der Waals surface area contributed by atoms with Crippen LogP contribution in [0.25, 0.3) is 0 Å². The van der Waals surface area contributed by atoms with Crippen molar-refractivity contribution in [2.45, 2.75) is 96.8 Å². The van der Waals surface area contributed by atoms with E-state index in [0.29, 0.717) is 0 Å². The predicted molar refractivity (Wildman–Crippen MR) is 88.2 cm³/mol. The molecule has 23 heavy (non-hydrogen) atoms. The summed E-state index contributed by atoms with van der Waals surface area (Å²) in [6, 6.07) is 0. The summed E-state index contributed by atoms with van der Waals surface area (Å²) < 4.78 is 0. The second kappa shape index (κ2) is 24.5. The maximum absolute atomic E-state index is 10.2. The second-order valence-corrected chi connectivity index (χ2v) is 5.65. The Kier molecular flexibility index (Phi) is 29.9. The zero-order valence-electron chi connectivity index (χ0n) is 14.5. The van der Waals surface area contributed by atoms with Crippen LogP contribution in [0.1, 0.15) is 96.8 Å². The first-order valence-corrected chi connectivity index (χ1v) is 8.68. The van der Waals surface area contributed by atoms with Gasteiger partial charge in [0.15, 0.2) is 0 Å². The molecule has 0 amide bonds. The Balaban J connectivity index is -0.000000712. The first-order chi connectivity index (χ1) is 10.5. The molecule has 0 unspecified atom stereocenters. The molecule has 0 aliphatic rings. The summed E-state index contributed by atoms with van der Waals surface area (Å²) in [7, 11) is -2.92. The number of aliphatic carboxylic acids is 1. The number of carboxylic acids is 1. The molecule has 7 heteroatoms. The molecule has 0 spiro atoms. The molecule has 0 saturated carbocycles. The van der Waals surface area contributed by atoms with E-state index in [2.05, 4.69) is 6.92 Å². The number of carbonyl (C=O) groups excluding carboxylic acids is 1. The number of rotatable bonds is 14. The Labute approximate surface area is 159 Å². The van der Waals surface area contributed by atoms with E-state index in [-0.39, 0.29) is 30.8 Å². The number of hydrogen-bond donors (Lipinski definition) is 0. The third-order valence-electron chi connectivity index (χ3n) is 3.48. The van der Waals surface area contributed by atoms with Gasteiger partial charge in [0, 0.05) is 5.97 Å². The SMILES string of the molecule is CCCCCCCCCCCCCCCC(=O)[O-].[O-]B([O-])[O-].[SbH+4]. The topological polar surface area (TPSA) is 109 Å². The molecular formula is C16H32BO5Sb. The monoisotopic (exact) mass is 436 g/mol. The molecular weight excluding hydrogens is 405 g/mol. The normalized spacial score (nSPS) is 9.57. The summed E-state index contributed by atoms with van der Waals surface area (Å²) in [5.41, 5.74) is 0. The van der Waals surface area contributed by atoms with Crippen LogP contribution in [-0.4, -0.2) is 37.7 Å². The van der Waals surface area contributed by atoms with Crippen molar-refractivity contribution in [2.75, 3.05) is 0 Å². The molecule has 0 heterocycles. The van der Waals surface area contributed by atoms with Gasteiger partial charge >= 0.3 is 24.4 Å². The van der Waals surface area contributed by atoms with Crippen molar-refractivity contribution in [1.82, 2.24) is 0 Å². The Morgan fingerprint density at radius 1 is 0.696 bits per heavy atom. The number of carbonyl (C=O) groups is 1. The van der Waals surface area contributed by atoms with Gasteiger partial charge in [-0.15, -0.1) is 0 Å². The summed E-state index contributed by atoms with van der Waals surface area (Å²) in [4.78, 5) is 10.2. The fourth-order valence-electron chi connectivity index (χ4n) is 2.29. The van der Waals surface area contributed by atoms with Crippen molar-refractivity contribution in [3.05, 3.63) is 0 Å². The van der Waals surface area contributed by atoms with Crippen LogP contribution in [0.4, 0.5) is 0 Å². The van der Waals surface area contributed by atoms with E-state index in [4.69, 9.17) is 15.1 Å². The number of hydrogen-bond acceptors (Lipinski definition) is 5. The third-order valence-corrected chi connectivity index (χ3v) is 3.48. The van der Waals surface area contributed by atoms with Crippen LogP contribution in [0.3, 0.4) is 0 Å². The molecule has 0 aliphatic heterocycles. The van der Waals surface area contributed by atoms with Crippen molar-refractivity contribution in [2.24, 2.45) is 0 Å². The first-order valence-electron chi connectivity index (χ1n) is 8.68. The van der Waals surface area contributed by atoms with Gasteiger partial charge in [-0.05, 0) is 12.8 Å². The van der Waals surface area contributed by atoms with Gasteiger partial charge in [-0.1, -0.05) is 84.0 Å². The van der Waals surface area contributed by atoms with Crippen molar-refractivity contribution in [3.63, 3.8) is 0 Å². The van der Waals surface area contributed by atoms with E-state index < -0.39 is 13.3 Å². The molecule has 0 bridgehead atoms. The van der Waals surface area contributed by atoms with Gasteiger partial charge in [-0.25, -0.2) is 0 Å². The molecule has 0 saturated heterocycles. The molecule has 0 fully saturated rings. The van der Waals surface area contributed by atoms with Crippen molar-refractivity contribution >= 4 is 37.7 Å². The Bertz CT molecular complexity index is 228. The molecule has 0 N–H and O–H groups in total. The zero-order valence-corrected chi connectivity index (χ0v) is 17.4. The zero-order chi connectivity index (χ0) is 17.1. The first kappa shape index (κ1) is 28.1. The molecule has 134 valence electrons. The number of unbranched alkanes of at least 4 members (excludes halogenated alkanes) is 12. The average molecular weight is 437 g/mol. The summed E-state index contributed by atoms with van der Waals surface area (Å²) in [6.07, 6.45) is 16.9. The minimum absolute atomic E-state index is 0. The fraction of sp³-hybridized carbons (Fsp3) is 0.938. The molecule has 0 rings (SSSR count). The van der Waals surface area contributed by atoms with Crippen LogP contribution in [0.15, 0.2) is 0 Å². The number of carboxylic acid groups (broad SMARTS) is 1. The van der Waals surface area contributed by atoms with E-state index in [9.17, 15) is 9.90 Å². The fourth-order valence-corrected chi connectivity index (χ4v) is 2.29.